The molecule has 0 fully saturated rings. The fraction of sp³-hybridized carbons (Fsp3) is 0.182. The molecule has 0 aliphatic rings. The predicted octanol–water partition coefficient (Wildman–Crippen LogP) is 3.55. The fourth-order valence-electron chi connectivity index (χ4n) is 2.90. The van der Waals surface area contributed by atoms with Crippen LogP contribution in [0.4, 0.5) is 17.2 Å². The summed E-state index contributed by atoms with van der Waals surface area (Å²) in [6.07, 6.45) is 0.558. The van der Waals surface area contributed by atoms with Crippen molar-refractivity contribution in [2.75, 3.05) is 16.8 Å². The highest BCUT2D eigenvalue weighted by atomic mass is 16.5. The molecule has 3 aromatic rings. The maximum atomic E-state index is 10.4. The molecule has 0 spiro atoms. The van der Waals surface area contributed by atoms with Crippen LogP contribution in [0.25, 0.3) is 0 Å². The number of aromatic nitrogens is 1. The summed E-state index contributed by atoms with van der Waals surface area (Å²) in [6.45, 7) is 3.87. The average molecular weight is 391 g/mol. The van der Waals surface area contributed by atoms with Gasteiger partial charge in [-0.15, -0.1) is 0 Å². The van der Waals surface area contributed by atoms with E-state index in [2.05, 4.69) is 10.3 Å². The number of pyridine rings is 1. The molecule has 3 rings (SSSR count). The van der Waals surface area contributed by atoms with Crippen molar-refractivity contribution >= 4 is 22.9 Å². The first-order valence-electron chi connectivity index (χ1n) is 9.25. The van der Waals surface area contributed by atoms with Crippen LogP contribution in [0.1, 0.15) is 36.8 Å². The Labute approximate surface area is 169 Å². The first-order chi connectivity index (χ1) is 13.8. The Morgan fingerprint density at radius 2 is 1.83 bits per heavy atom. The first kappa shape index (κ1) is 20.2. The molecular weight excluding hydrogens is 366 g/mol. The quantitative estimate of drug-likeness (QED) is 0.238. The van der Waals surface area contributed by atoms with E-state index in [4.69, 9.17) is 21.6 Å². The van der Waals surface area contributed by atoms with Gasteiger partial charge in [-0.1, -0.05) is 18.2 Å². The van der Waals surface area contributed by atoms with Crippen molar-refractivity contribution in [1.29, 1.82) is 5.41 Å². The van der Waals surface area contributed by atoms with Gasteiger partial charge in [-0.05, 0) is 50.2 Å². The van der Waals surface area contributed by atoms with E-state index in [1.807, 2.05) is 13.8 Å². The minimum absolute atomic E-state index is 0.0179. The summed E-state index contributed by atoms with van der Waals surface area (Å²) in [5.74, 6) is 1.06. The lowest BCUT2D eigenvalue weighted by molar-refractivity contribution is 0.208. The normalized spacial score (nSPS) is 11.9. The molecule has 0 radical (unpaired) electrons. The third-order valence-corrected chi connectivity index (χ3v) is 4.29. The number of aliphatic hydroxyl groups is 1. The molecule has 1 aromatic heterocycles. The van der Waals surface area contributed by atoms with E-state index in [0.717, 1.165) is 0 Å². The van der Waals surface area contributed by atoms with Crippen molar-refractivity contribution in [1.82, 2.24) is 4.98 Å². The van der Waals surface area contributed by atoms with Crippen molar-refractivity contribution < 1.29 is 9.84 Å². The average Bonchev–Trinajstić information content (AvgIpc) is 2.69. The second-order valence-corrected chi connectivity index (χ2v) is 6.90. The van der Waals surface area contributed by atoms with Crippen LogP contribution in [0.5, 0.6) is 5.75 Å². The highest BCUT2D eigenvalue weighted by Crippen LogP contribution is 2.25. The number of hydrogen-bond acceptors (Lipinski definition) is 7. The number of nitrogens with two attached hydrogens (primary N) is 2. The maximum absolute atomic E-state index is 10.4. The molecule has 1 heterocycles. The van der Waals surface area contributed by atoms with Crippen molar-refractivity contribution in [3.63, 3.8) is 0 Å². The second kappa shape index (κ2) is 8.62. The number of benzene rings is 2. The molecule has 2 aromatic carbocycles. The Morgan fingerprint density at radius 1 is 1.07 bits per heavy atom. The molecule has 1 atom stereocenters. The van der Waals surface area contributed by atoms with Gasteiger partial charge in [0.25, 0.3) is 0 Å². The summed E-state index contributed by atoms with van der Waals surface area (Å²) in [6, 6.07) is 15.7. The molecule has 150 valence electrons. The van der Waals surface area contributed by atoms with Gasteiger partial charge >= 0.3 is 0 Å². The van der Waals surface area contributed by atoms with Crippen molar-refractivity contribution in [2.45, 2.75) is 26.2 Å². The van der Waals surface area contributed by atoms with Crippen LogP contribution in [-0.2, 0) is 0 Å². The molecule has 7 N–H and O–H groups in total. The monoisotopic (exact) mass is 391 g/mol. The molecule has 0 aliphatic carbocycles. The van der Waals surface area contributed by atoms with E-state index in [1.165, 1.54) is 0 Å². The number of aliphatic hydroxyl groups excluding tert-OH is 1. The van der Waals surface area contributed by atoms with Gasteiger partial charge in [0.1, 0.15) is 11.6 Å². The van der Waals surface area contributed by atoms with Gasteiger partial charge in [-0.25, -0.2) is 4.98 Å². The van der Waals surface area contributed by atoms with Crippen LogP contribution >= 0.6 is 0 Å². The molecule has 0 bridgehead atoms. The summed E-state index contributed by atoms with van der Waals surface area (Å²) in [5.41, 5.74) is 14.9. The van der Waals surface area contributed by atoms with Gasteiger partial charge in [0.2, 0.25) is 0 Å². The van der Waals surface area contributed by atoms with Crippen LogP contribution in [0.3, 0.4) is 0 Å². The second-order valence-electron chi connectivity index (χ2n) is 6.90. The van der Waals surface area contributed by atoms with Gasteiger partial charge in [-0.2, -0.15) is 0 Å². The molecule has 0 aliphatic heterocycles. The third kappa shape index (κ3) is 4.83. The number of rotatable bonds is 7. The highest BCUT2D eigenvalue weighted by molar-refractivity contribution is 6.14. The predicted molar refractivity (Wildman–Crippen MR) is 116 cm³/mol. The molecular formula is C22H25N5O2. The molecule has 7 nitrogen and oxygen atoms in total. The first-order valence-corrected chi connectivity index (χ1v) is 9.25. The molecule has 0 saturated carbocycles. The lowest BCUT2D eigenvalue weighted by Crippen LogP contribution is -2.13. The lowest BCUT2D eigenvalue weighted by Gasteiger charge is -2.17. The van der Waals surface area contributed by atoms with E-state index in [1.54, 1.807) is 60.8 Å². The summed E-state index contributed by atoms with van der Waals surface area (Å²) in [5, 5.41) is 21.9. The largest absolute Gasteiger partial charge is 0.491 e. The Hall–Kier alpha value is -3.58. The summed E-state index contributed by atoms with van der Waals surface area (Å²) < 4.78 is 5.71. The van der Waals surface area contributed by atoms with E-state index >= 15 is 0 Å². The summed E-state index contributed by atoms with van der Waals surface area (Å²) >= 11 is 0. The number of nitrogen functional groups attached to an aromatic ring is 2. The smallest absolute Gasteiger partial charge is 0.153 e. The third-order valence-electron chi connectivity index (χ3n) is 4.29. The SMILES string of the molecule is CC(C)Oc1ccc(N)c(C(=N)c2ccnc(NC(O)c3ccccc3N)c2)c1. The minimum atomic E-state index is -1.03. The highest BCUT2D eigenvalue weighted by Gasteiger charge is 2.14. The topological polar surface area (TPSA) is 130 Å². The van der Waals surface area contributed by atoms with Gasteiger partial charge in [0.15, 0.2) is 6.23 Å². The van der Waals surface area contributed by atoms with Crippen molar-refractivity contribution in [3.8, 4) is 5.75 Å². The van der Waals surface area contributed by atoms with Gasteiger partial charge in [0, 0.05) is 34.3 Å². The maximum Gasteiger partial charge on any atom is 0.153 e. The molecule has 7 heteroatoms. The Bertz CT molecular complexity index is 1020. The van der Waals surface area contributed by atoms with Crippen LogP contribution in [0.2, 0.25) is 0 Å². The zero-order chi connectivity index (χ0) is 21.0. The van der Waals surface area contributed by atoms with E-state index in [0.29, 0.717) is 39.6 Å². The van der Waals surface area contributed by atoms with Gasteiger partial charge in [0.05, 0.1) is 11.8 Å². The number of anilines is 3. The zero-order valence-corrected chi connectivity index (χ0v) is 16.4. The number of nitrogens with one attached hydrogen (secondary N) is 2. The van der Waals surface area contributed by atoms with Crippen molar-refractivity contribution in [3.05, 3.63) is 77.5 Å². The van der Waals surface area contributed by atoms with Gasteiger partial charge in [-0.3, -0.25) is 5.41 Å². The van der Waals surface area contributed by atoms with Crippen LogP contribution in [0, 0.1) is 5.41 Å². The van der Waals surface area contributed by atoms with E-state index in [9.17, 15) is 5.11 Å². The fourth-order valence-corrected chi connectivity index (χ4v) is 2.90. The Kier molecular flexibility index (Phi) is 5.99. The number of ether oxygens (including phenoxy) is 1. The standard InChI is InChI=1S/C22H25N5O2/c1-13(2)29-15-7-8-19(24)17(12-15)21(25)14-9-10-26-20(11-14)27-22(28)16-5-3-4-6-18(16)23/h3-13,22,25,28H,23-24H2,1-2H3,(H,26,27). The van der Waals surface area contributed by atoms with Crippen LogP contribution in [-0.4, -0.2) is 21.9 Å². The van der Waals surface area contributed by atoms with E-state index < -0.39 is 6.23 Å². The van der Waals surface area contributed by atoms with Crippen molar-refractivity contribution in [2.24, 2.45) is 0 Å². The lowest BCUT2D eigenvalue weighted by atomic mass is 10.0. The number of para-hydroxylation sites is 1. The number of nitrogens with zero attached hydrogens (tertiary/aromatic N) is 1. The van der Waals surface area contributed by atoms with Crippen LogP contribution < -0.4 is 21.5 Å². The molecule has 0 amide bonds. The number of hydrogen-bond donors (Lipinski definition) is 5. The summed E-state index contributed by atoms with van der Waals surface area (Å²) in [4.78, 5) is 4.23. The Balaban J connectivity index is 1.84. The summed E-state index contributed by atoms with van der Waals surface area (Å²) in [7, 11) is 0. The van der Waals surface area contributed by atoms with E-state index in [-0.39, 0.29) is 11.8 Å². The zero-order valence-electron chi connectivity index (χ0n) is 16.4. The molecule has 1 unspecified atom stereocenters. The van der Waals surface area contributed by atoms with Gasteiger partial charge < -0.3 is 26.6 Å². The Morgan fingerprint density at radius 3 is 2.55 bits per heavy atom. The molecule has 0 saturated heterocycles. The minimum Gasteiger partial charge on any atom is -0.491 e. The molecule has 29 heavy (non-hydrogen) atoms. The van der Waals surface area contributed by atoms with Crippen LogP contribution in [0.15, 0.2) is 60.8 Å².